The van der Waals surface area contributed by atoms with Crippen LogP contribution < -0.4 is 15.5 Å². The molecule has 0 radical (unpaired) electrons. The molecule has 1 saturated carbocycles. The van der Waals surface area contributed by atoms with Gasteiger partial charge in [0.15, 0.2) is 0 Å². The number of nitrogens with zero attached hydrogens (tertiary/aromatic N) is 1. The van der Waals surface area contributed by atoms with Crippen LogP contribution in [0.25, 0.3) is 0 Å². The van der Waals surface area contributed by atoms with Crippen molar-refractivity contribution in [1.29, 1.82) is 0 Å². The first kappa shape index (κ1) is 19.9. The molecule has 0 bridgehead atoms. The van der Waals surface area contributed by atoms with Crippen LogP contribution in [0.2, 0.25) is 0 Å². The van der Waals surface area contributed by atoms with Gasteiger partial charge in [0.05, 0.1) is 0 Å². The summed E-state index contributed by atoms with van der Waals surface area (Å²) in [5.41, 5.74) is 1.75. The van der Waals surface area contributed by atoms with Crippen LogP contribution in [-0.4, -0.2) is 28.4 Å². The van der Waals surface area contributed by atoms with Crippen LogP contribution in [0.4, 0.5) is 9.18 Å². The van der Waals surface area contributed by atoms with Gasteiger partial charge in [-0.3, -0.25) is 15.0 Å². The number of nitrogens with one attached hydrogen (secondary N) is 2. The maximum absolute atomic E-state index is 13.0. The Hall–Kier alpha value is -3.42. The van der Waals surface area contributed by atoms with Crippen molar-refractivity contribution in [3.8, 4) is 11.5 Å². The van der Waals surface area contributed by atoms with E-state index >= 15 is 0 Å². The summed E-state index contributed by atoms with van der Waals surface area (Å²) in [6.07, 6.45) is 2.84. The number of ether oxygens (including phenoxy) is 1. The van der Waals surface area contributed by atoms with E-state index in [9.17, 15) is 18.8 Å². The Balaban J connectivity index is 1.40. The molecule has 8 heteroatoms. The highest BCUT2D eigenvalue weighted by molar-refractivity contribution is 6.09. The third-order valence-electron chi connectivity index (χ3n) is 5.67. The number of hydrogen-bond acceptors (Lipinski definition) is 4. The quantitative estimate of drug-likeness (QED) is 0.750. The number of halogens is 1. The molecular weight excluding hydrogens is 389 g/mol. The van der Waals surface area contributed by atoms with E-state index < -0.39 is 23.4 Å². The average Bonchev–Trinajstić information content (AvgIpc) is 2.96. The number of benzene rings is 2. The maximum atomic E-state index is 13.0. The summed E-state index contributed by atoms with van der Waals surface area (Å²) in [7, 11) is 0. The monoisotopic (exact) mass is 411 g/mol. The summed E-state index contributed by atoms with van der Waals surface area (Å²) in [5, 5.41) is 3.54. The Morgan fingerprint density at radius 2 is 1.63 bits per heavy atom. The predicted molar refractivity (Wildman–Crippen MR) is 106 cm³/mol. The summed E-state index contributed by atoms with van der Waals surface area (Å²) in [5.74, 6) is 0.0829. The Labute approximate surface area is 173 Å². The average molecular weight is 411 g/mol. The molecule has 30 heavy (non-hydrogen) atoms. The Morgan fingerprint density at radius 3 is 2.23 bits per heavy atom. The van der Waals surface area contributed by atoms with E-state index in [-0.39, 0.29) is 11.4 Å². The largest absolute Gasteiger partial charge is 0.457 e. The first-order valence-corrected chi connectivity index (χ1v) is 9.87. The van der Waals surface area contributed by atoms with Crippen molar-refractivity contribution < 1.29 is 23.5 Å². The summed E-state index contributed by atoms with van der Waals surface area (Å²) in [6.45, 7) is 2.12. The zero-order valence-electron chi connectivity index (χ0n) is 16.5. The molecule has 156 valence electrons. The highest BCUT2D eigenvalue weighted by Gasteiger charge is 2.52. The smallest absolute Gasteiger partial charge is 0.344 e. The molecule has 2 fully saturated rings. The molecule has 4 amide bonds. The van der Waals surface area contributed by atoms with E-state index in [1.165, 1.54) is 36.4 Å². The van der Waals surface area contributed by atoms with Crippen molar-refractivity contribution in [3.05, 3.63) is 59.9 Å². The number of urea groups is 1. The van der Waals surface area contributed by atoms with Crippen LogP contribution in [0, 0.1) is 11.7 Å². The Morgan fingerprint density at radius 1 is 1.07 bits per heavy atom. The number of imide groups is 1. The van der Waals surface area contributed by atoms with E-state index in [1.54, 1.807) is 12.1 Å². The molecule has 4 rings (SSSR count). The maximum Gasteiger partial charge on any atom is 0.344 e. The molecule has 2 aliphatic rings. The van der Waals surface area contributed by atoms with Gasteiger partial charge < -0.3 is 10.1 Å². The third-order valence-corrected chi connectivity index (χ3v) is 5.67. The zero-order valence-corrected chi connectivity index (χ0v) is 16.5. The number of amides is 4. The van der Waals surface area contributed by atoms with Crippen LogP contribution in [0.1, 0.15) is 43.0 Å². The zero-order chi connectivity index (χ0) is 21.3. The van der Waals surface area contributed by atoms with Crippen molar-refractivity contribution in [2.24, 2.45) is 5.92 Å². The van der Waals surface area contributed by atoms with Gasteiger partial charge in [-0.15, -0.1) is 0 Å². The second kappa shape index (κ2) is 7.78. The molecule has 2 aromatic rings. The fourth-order valence-corrected chi connectivity index (χ4v) is 3.79. The number of rotatable bonds is 4. The SMILES string of the molecule is CC1CCC2(CC1)NC(=O)N(NC(=O)c1ccc(Oc3ccc(F)cc3)cc1)C2=O. The van der Waals surface area contributed by atoms with Gasteiger partial charge in [-0.05, 0) is 80.1 Å². The Kier molecular flexibility index (Phi) is 5.15. The van der Waals surface area contributed by atoms with Gasteiger partial charge in [0.2, 0.25) is 0 Å². The minimum absolute atomic E-state index is 0.264. The number of carbonyl (C=O) groups is 3. The van der Waals surface area contributed by atoms with Crippen molar-refractivity contribution in [2.45, 2.75) is 38.1 Å². The van der Waals surface area contributed by atoms with E-state index in [1.807, 2.05) is 0 Å². The van der Waals surface area contributed by atoms with Gasteiger partial charge in [-0.2, -0.15) is 5.01 Å². The second-order valence-corrected chi connectivity index (χ2v) is 7.86. The van der Waals surface area contributed by atoms with Gasteiger partial charge in [-0.25, -0.2) is 9.18 Å². The molecule has 2 N–H and O–H groups in total. The van der Waals surface area contributed by atoms with Crippen LogP contribution in [0.15, 0.2) is 48.5 Å². The lowest BCUT2D eigenvalue weighted by molar-refractivity contribution is -0.134. The minimum atomic E-state index is -0.913. The molecular formula is C22H22FN3O4. The van der Waals surface area contributed by atoms with Crippen LogP contribution >= 0.6 is 0 Å². The topological polar surface area (TPSA) is 87.7 Å². The fourth-order valence-electron chi connectivity index (χ4n) is 3.79. The van der Waals surface area contributed by atoms with Crippen molar-refractivity contribution >= 4 is 17.8 Å². The van der Waals surface area contributed by atoms with Crippen molar-refractivity contribution in [2.75, 3.05) is 0 Å². The summed E-state index contributed by atoms with van der Waals surface area (Å²) in [4.78, 5) is 37.7. The van der Waals surface area contributed by atoms with E-state index in [4.69, 9.17) is 4.74 Å². The molecule has 7 nitrogen and oxygen atoms in total. The van der Waals surface area contributed by atoms with Gasteiger partial charge in [0.25, 0.3) is 11.8 Å². The van der Waals surface area contributed by atoms with Gasteiger partial charge in [0, 0.05) is 5.56 Å². The van der Waals surface area contributed by atoms with Crippen molar-refractivity contribution in [3.63, 3.8) is 0 Å². The third kappa shape index (κ3) is 3.85. The lowest BCUT2D eigenvalue weighted by atomic mass is 9.77. The molecule has 0 unspecified atom stereocenters. The predicted octanol–water partition coefficient (Wildman–Crippen LogP) is 3.76. The molecule has 1 heterocycles. The lowest BCUT2D eigenvalue weighted by Gasteiger charge is -2.33. The second-order valence-electron chi connectivity index (χ2n) is 7.86. The lowest BCUT2D eigenvalue weighted by Crippen LogP contribution is -2.51. The highest BCUT2D eigenvalue weighted by atomic mass is 19.1. The Bertz CT molecular complexity index is 967. The summed E-state index contributed by atoms with van der Waals surface area (Å²) >= 11 is 0. The van der Waals surface area contributed by atoms with Gasteiger partial charge >= 0.3 is 6.03 Å². The van der Waals surface area contributed by atoms with Crippen LogP contribution in [0.5, 0.6) is 11.5 Å². The van der Waals surface area contributed by atoms with E-state index in [2.05, 4.69) is 17.7 Å². The molecule has 1 spiro atoms. The molecule has 1 aliphatic carbocycles. The van der Waals surface area contributed by atoms with Gasteiger partial charge in [0.1, 0.15) is 22.9 Å². The molecule has 0 aromatic heterocycles. The van der Waals surface area contributed by atoms with Gasteiger partial charge in [-0.1, -0.05) is 6.92 Å². The fraction of sp³-hybridized carbons (Fsp3) is 0.318. The molecule has 1 aliphatic heterocycles. The van der Waals surface area contributed by atoms with Crippen molar-refractivity contribution in [1.82, 2.24) is 15.8 Å². The summed E-state index contributed by atoms with van der Waals surface area (Å²) in [6, 6.07) is 11.1. The van der Waals surface area contributed by atoms with Crippen LogP contribution in [-0.2, 0) is 4.79 Å². The number of hydrogen-bond donors (Lipinski definition) is 2. The molecule has 2 aromatic carbocycles. The standard InChI is InChI=1S/C22H22FN3O4/c1-14-10-12-22(13-11-14)20(28)26(21(29)24-22)25-19(27)15-2-6-17(7-3-15)30-18-8-4-16(23)5-9-18/h2-9,14H,10-13H2,1H3,(H,24,29)(H,25,27). The first-order chi connectivity index (χ1) is 14.4. The highest BCUT2D eigenvalue weighted by Crippen LogP contribution is 2.35. The normalized spacial score (nSPS) is 23.4. The minimum Gasteiger partial charge on any atom is -0.457 e. The van der Waals surface area contributed by atoms with E-state index in [0.29, 0.717) is 30.3 Å². The molecule has 1 saturated heterocycles. The van der Waals surface area contributed by atoms with Crippen LogP contribution in [0.3, 0.4) is 0 Å². The summed E-state index contributed by atoms with van der Waals surface area (Å²) < 4.78 is 18.6. The molecule has 0 atom stereocenters. The number of hydrazine groups is 1. The number of carbonyl (C=O) groups excluding carboxylic acids is 3. The van der Waals surface area contributed by atoms with E-state index in [0.717, 1.165) is 17.9 Å². The first-order valence-electron chi connectivity index (χ1n) is 9.87.